The molecule has 0 saturated carbocycles. The van der Waals surface area contributed by atoms with Gasteiger partial charge in [0.15, 0.2) is 0 Å². The first-order valence-electron chi connectivity index (χ1n) is 7.19. The average molecular weight is 262 g/mol. The Morgan fingerprint density at radius 2 is 2.21 bits per heavy atom. The van der Waals surface area contributed by atoms with Gasteiger partial charge in [-0.1, -0.05) is 26.0 Å². The van der Waals surface area contributed by atoms with Crippen molar-refractivity contribution in [1.82, 2.24) is 5.32 Å². The van der Waals surface area contributed by atoms with E-state index < -0.39 is 0 Å². The molecule has 0 amide bonds. The second-order valence-electron chi connectivity index (χ2n) is 5.88. The van der Waals surface area contributed by atoms with Gasteiger partial charge in [-0.2, -0.15) is 0 Å². The number of anilines is 1. The minimum atomic E-state index is 0.543. The van der Waals surface area contributed by atoms with Gasteiger partial charge in [0.05, 0.1) is 6.61 Å². The summed E-state index contributed by atoms with van der Waals surface area (Å²) in [6, 6.07) is 9.84. The van der Waals surface area contributed by atoms with Crippen molar-refractivity contribution >= 4 is 5.69 Å². The number of rotatable bonds is 4. The first kappa shape index (κ1) is 14.4. The van der Waals surface area contributed by atoms with E-state index in [9.17, 15) is 0 Å². The minimum Gasteiger partial charge on any atom is -0.380 e. The van der Waals surface area contributed by atoms with E-state index >= 15 is 0 Å². The van der Waals surface area contributed by atoms with E-state index in [1.54, 1.807) is 7.11 Å². The average Bonchev–Trinajstić information content (AvgIpc) is 2.39. The Morgan fingerprint density at radius 1 is 1.42 bits per heavy atom. The van der Waals surface area contributed by atoms with Gasteiger partial charge in [-0.25, -0.2) is 0 Å². The molecule has 0 aromatic heterocycles. The fourth-order valence-electron chi connectivity index (χ4n) is 2.81. The van der Waals surface area contributed by atoms with Gasteiger partial charge in [0, 0.05) is 38.0 Å². The van der Waals surface area contributed by atoms with Gasteiger partial charge in [0.1, 0.15) is 0 Å². The van der Waals surface area contributed by atoms with E-state index in [4.69, 9.17) is 4.74 Å². The van der Waals surface area contributed by atoms with E-state index in [0.29, 0.717) is 24.6 Å². The number of nitrogens with zero attached hydrogens (tertiary/aromatic N) is 1. The molecule has 2 rings (SSSR count). The Kier molecular flexibility index (Phi) is 4.83. The van der Waals surface area contributed by atoms with E-state index in [1.807, 2.05) is 0 Å². The summed E-state index contributed by atoms with van der Waals surface area (Å²) in [5.41, 5.74) is 2.57. The number of ether oxygens (including phenoxy) is 1. The molecule has 106 valence electrons. The van der Waals surface area contributed by atoms with Gasteiger partial charge >= 0.3 is 0 Å². The summed E-state index contributed by atoms with van der Waals surface area (Å²) >= 11 is 0. The van der Waals surface area contributed by atoms with Crippen LogP contribution in [0.4, 0.5) is 5.69 Å². The highest BCUT2D eigenvalue weighted by atomic mass is 16.5. The zero-order valence-electron chi connectivity index (χ0n) is 12.5. The van der Waals surface area contributed by atoms with Crippen LogP contribution < -0.4 is 10.2 Å². The lowest BCUT2D eigenvalue weighted by atomic mass is 9.97. The molecule has 3 heteroatoms. The Morgan fingerprint density at radius 3 is 2.89 bits per heavy atom. The lowest BCUT2D eigenvalue weighted by Crippen LogP contribution is -2.57. The molecule has 3 nitrogen and oxygen atoms in total. The highest BCUT2D eigenvalue weighted by Crippen LogP contribution is 2.24. The van der Waals surface area contributed by atoms with Crippen LogP contribution in [0.25, 0.3) is 0 Å². The molecule has 2 atom stereocenters. The fourth-order valence-corrected chi connectivity index (χ4v) is 2.81. The Hall–Kier alpha value is -1.06. The predicted molar refractivity (Wildman–Crippen MR) is 80.6 cm³/mol. The summed E-state index contributed by atoms with van der Waals surface area (Å²) in [6.07, 6.45) is 0. The third-order valence-corrected chi connectivity index (χ3v) is 3.87. The molecular formula is C16H26N2O. The van der Waals surface area contributed by atoms with Gasteiger partial charge in [-0.05, 0) is 30.5 Å². The van der Waals surface area contributed by atoms with Crippen molar-refractivity contribution in [2.75, 3.05) is 25.1 Å². The van der Waals surface area contributed by atoms with Crippen molar-refractivity contribution in [3.05, 3.63) is 29.8 Å². The second-order valence-corrected chi connectivity index (χ2v) is 5.88. The molecule has 0 bridgehead atoms. The van der Waals surface area contributed by atoms with Crippen LogP contribution in [-0.2, 0) is 11.3 Å². The van der Waals surface area contributed by atoms with Crippen LogP contribution in [0.3, 0.4) is 0 Å². The number of hydrogen-bond donors (Lipinski definition) is 1. The van der Waals surface area contributed by atoms with Crippen LogP contribution in [0.5, 0.6) is 0 Å². The van der Waals surface area contributed by atoms with Crippen molar-refractivity contribution in [2.45, 2.75) is 39.5 Å². The van der Waals surface area contributed by atoms with E-state index in [1.165, 1.54) is 11.3 Å². The number of piperazine rings is 1. The molecule has 1 aliphatic heterocycles. The first-order valence-corrected chi connectivity index (χ1v) is 7.19. The van der Waals surface area contributed by atoms with Gasteiger partial charge in [0.25, 0.3) is 0 Å². The highest BCUT2D eigenvalue weighted by molar-refractivity contribution is 5.50. The quantitative estimate of drug-likeness (QED) is 0.903. The zero-order valence-corrected chi connectivity index (χ0v) is 12.5. The summed E-state index contributed by atoms with van der Waals surface area (Å²) in [5, 5.41) is 3.59. The van der Waals surface area contributed by atoms with Crippen molar-refractivity contribution in [3.8, 4) is 0 Å². The third kappa shape index (κ3) is 3.48. The van der Waals surface area contributed by atoms with Gasteiger partial charge in [0.2, 0.25) is 0 Å². The van der Waals surface area contributed by atoms with Crippen LogP contribution in [-0.4, -0.2) is 32.3 Å². The van der Waals surface area contributed by atoms with Gasteiger partial charge in [-0.3, -0.25) is 0 Å². The molecule has 0 aliphatic carbocycles. The van der Waals surface area contributed by atoms with Gasteiger partial charge < -0.3 is 15.0 Å². The Labute approximate surface area is 116 Å². The fraction of sp³-hybridized carbons (Fsp3) is 0.625. The second kappa shape index (κ2) is 6.40. The minimum absolute atomic E-state index is 0.543. The number of methoxy groups -OCH3 is 1. The number of benzene rings is 1. The molecule has 0 radical (unpaired) electrons. The maximum absolute atomic E-state index is 5.23. The third-order valence-electron chi connectivity index (χ3n) is 3.87. The van der Waals surface area contributed by atoms with E-state index in [0.717, 1.165) is 13.1 Å². The number of nitrogens with one attached hydrogen (secondary N) is 1. The maximum atomic E-state index is 5.23. The normalized spacial score (nSPS) is 23.9. The highest BCUT2D eigenvalue weighted by Gasteiger charge is 2.28. The molecule has 1 aromatic carbocycles. The van der Waals surface area contributed by atoms with Crippen LogP contribution >= 0.6 is 0 Å². The topological polar surface area (TPSA) is 24.5 Å². The maximum Gasteiger partial charge on any atom is 0.0713 e. The largest absolute Gasteiger partial charge is 0.380 e. The molecule has 2 unspecified atom stereocenters. The molecule has 1 fully saturated rings. The summed E-state index contributed by atoms with van der Waals surface area (Å²) in [6.45, 7) is 9.67. The van der Waals surface area contributed by atoms with Crippen LogP contribution in [0.15, 0.2) is 24.3 Å². The van der Waals surface area contributed by atoms with Crippen LogP contribution in [0, 0.1) is 5.92 Å². The van der Waals surface area contributed by atoms with Crippen LogP contribution in [0.1, 0.15) is 26.3 Å². The Balaban J connectivity index is 2.22. The van der Waals surface area contributed by atoms with E-state index in [-0.39, 0.29) is 0 Å². The summed E-state index contributed by atoms with van der Waals surface area (Å²) in [5.74, 6) is 0.645. The monoisotopic (exact) mass is 262 g/mol. The summed E-state index contributed by atoms with van der Waals surface area (Å²) in [7, 11) is 1.75. The molecule has 1 saturated heterocycles. The molecule has 1 aromatic rings. The standard InChI is InChI=1S/C16H26N2O/c1-12(2)16-9-17-13(3)10-18(16)15-7-5-6-14(8-15)11-19-4/h5-8,12-13,16-17H,9-11H2,1-4H3. The van der Waals surface area contributed by atoms with E-state index in [2.05, 4.69) is 55.3 Å². The lowest BCUT2D eigenvalue weighted by molar-refractivity contribution is 0.185. The molecule has 1 N–H and O–H groups in total. The molecule has 19 heavy (non-hydrogen) atoms. The smallest absolute Gasteiger partial charge is 0.0713 e. The van der Waals surface area contributed by atoms with Crippen LogP contribution in [0.2, 0.25) is 0 Å². The van der Waals surface area contributed by atoms with Gasteiger partial charge in [-0.15, -0.1) is 0 Å². The van der Waals surface area contributed by atoms with Crippen molar-refractivity contribution in [1.29, 1.82) is 0 Å². The molecule has 0 spiro atoms. The van der Waals surface area contributed by atoms with Crippen molar-refractivity contribution in [2.24, 2.45) is 5.92 Å². The Bertz CT molecular complexity index is 405. The van der Waals surface area contributed by atoms with Crippen molar-refractivity contribution in [3.63, 3.8) is 0 Å². The molecule has 1 heterocycles. The summed E-state index contributed by atoms with van der Waals surface area (Å²) < 4.78 is 5.23. The predicted octanol–water partition coefficient (Wildman–Crippen LogP) is 2.66. The summed E-state index contributed by atoms with van der Waals surface area (Å²) in [4.78, 5) is 2.55. The SMILES string of the molecule is COCc1cccc(N2CC(C)NCC2C(C)C)c1. The molecular weight excluding hydrogens is 236 g/mol. The first-order chi connectivity index (χ1) is 9.11. The molecule has 1 aliphatic rings. The number of hydrogen-bond acceptors (Lipinski definition) is 3. The lowest BCUT2D eigenvalue weighted by Gasteiger charge is -2.43. The van der Waals surface area contributed by atoms with Crippen molar-refractivity contribution < 1.29 is 4.74 Å². The zero-order chi connectivity index (χ0) is 13.8.